The molecule has 0 fully saturated rings. The van der Waals surface area contributed by atoms with E-state index in [0.717, 1.165) is 15.3 Å². The summed E-state index contributed by atoms with van der Waals surface area (Å²) in [7, 11) is 2.96. The second-order valence-electron chi connectivity index (χ2n) is 11.3. The molecule has 0 spiro atoms. The molecule has 4 rings (SSSR count). The largest absolute Gasteiger partial charge is 0.496 e. The molecule has 13 heteroatoms. The van der Waals surface area contributed by atoms with Crippen LogP contribution in [0.25, 0.3) is 0 Å². The third-order valence-corrected chi connectivity index (χ3v) is 9.08. The molecule has 0 bridgehead atoms. The molecule has 2 N–H and O–H groups in total. The number of benzene rings is 2. The van der Waals surface area contributed by atoms with Crippen molar-refractivity contribution in [2.24, 2.45) is 0 Å². The molecule has 0 aliphatic carbocycles. The molecule has 3 aromatic rings. The molecule has 0 saturated heterocycles. The summed E-state index contributed by atoms with van der Waals surface area (Å²) in [4.78, 5) is 55.4. The van der Waals surface area contributed by atoms with Crippen molar-refractivity contribution in [1.82, 2.24) is 4.90 Å². The van der Waals surface area contributed by atoms with Crippen LogP contribution in [0, 0.1) is 0 Å². The van der Waals surface area contributed by atoms with Crippen molar-refractivity contribution in [2.45, 2.75) is 63.3 Å². The van der Waals surface area contributed by atoms with Gasteiger partial charge >= 0.3 is 12.1 Å². The Hall–Kier alpha value is -4.23. The maximum Gasteiger partial charge on any atom is 0.410 e. The second kappa shape index (κ2) is 14.9. The number of carbonyl (C=O) groups excluding carboxylic acids is 4. The molecule has 1 atom stereocenters. The van der Waals surface area contributed by atoms with Gasteiger partial charge in [0.1, 0.15) is 27.7 Å². The summed E-state index contributed by atoms with van der Waals surface area (Å²) in [5.74, 6) is -0.478. The number of hydrogen-bond acceptors (Lipinski definition) is 10. The number of thiophene rings is 1. The molecule has 1 aliphatic heterocycles. The lowest BCUT2D eigenvalue weighted by atomic mass is 10.0. The fraction of sp³-hybridized carbons (Fsp3) is 0.394. The number of hydrogen-bond donors (Lipinski definition) is 2. The van der Waals surface area contributed by atoms with Crippen molar-refractivity contribution in [2.75, 3.05) is 38.0 Å². The summed E-state index contributed by atoms with van der Waals surface area (Å²) < 4.78 is 21.6. The van der Waals surface area contributed by atoms with E-state index in [2.05, 4.69) is 10.6 Å². The molecule has 246 valence electrons. The molecule has 46 heavy (non-hydrogen) atoms. The Balaban J connectivity index is 1.48. The van der Waals surface area contributed by atoms with Gasteiger partial charge in [-0.25, -0.2) is 9.59 Å². The lowest BCUT2D eigenvalue weighted by Gasteiger charge is -2.30. The van der Waals surface area contributed by atoms with Gasteiger partial charge in [-0.3, -0.25) is 9.59 Å². The maximum absolute atomic E-state index is 13.4. The van der Waals surface area contributed by atoms with Crippen molar-refractivity contribution >= 4 is 57.7 Å². The number of nitrogens with one attached hydrogen (secondary N) is 2. The first-order valence-corrected chi connectivity index (χ1v) is 16.4. The Labute approximate surface area is 276 Å². The average Bonchev–Trinajstić information content (AvgIpc) is 3.37. The quantitative estimate of drug-likeness (QED) is 0.181. The van der Waals surface area contributed by atoms with Crippen molar-refractivity contribution in [3.05, 3.63) is 64.0 Å². The van der Waals surface area contributed by atoms with E-state index in [9.17, 15) is 19.2 Å². The summed E-state index contributed by atoms with van der Waals surface area (Å²) in [6, 6.07) is 12.2. The minimum atomic E-state index is -0.635. The Kier molecular flexibility index (Phi) is 11.2. The van der Waals surface area contributed by atoms with Gasteiger partial charge in [-0.1, -0.05) is 12.1 Å². The summed E-state index contributed by atoms with van der Waals surface area (Å²) in [6.45, 7) is 9.73. The van der Waals surface area contributed by atoms with Crippen molar-refractivity contribution in [3.8, 4) is 11.5 Å². The number of nitrogens with zero attached hydrogens (tertiary/aromatic N) is 1. The van der Waals surface area contributed by atoms with Crippen LogP contribution in [-0.4, -0.2) is 67.0 Å². The van der Waals surface area contributed by atoms with E-state index >= 15 is 0 Å². The van der Waals surface area contributed by atoms with Crippen LogP contribution >= 0.6 is 23.1 Å². The fourth-order valence-corrected chi connectivity index (χ4v) is 6.96. The van der Waals surface area contributed by atoms with E-state index in [1.165, 1.54) is 37.3 Å². The van der Waals surface area contributed by atoms with Gasteiger partial charge in [-0.15, -0.1) is 23.1 Å². The normalized spacial score (nSPS) is 13.2. The lowest BCUT2D eigenvalue weighted by Crippen LogP contribution is -2.39. The number of carbonyl (C=O) groups is 4. The number of ether oxygens (including phenoxy) is 4. The van der Waals surface area contributed by atoms with Gasteiger partial charge in [0.25, 0.3) is 5.91 Å². The fourth-order valence-electron chi connectivity index (χ4n) is 4.78. The standard InChI is InChI=1S/C33H39N3O8S2/c1-8-43-31(39)26-22-15-16-36(32(40)44-33(3,4)5)18-25(22)46-30(26)35-28(37)19(2)45-21-12-9-11-20(17-21)34-29(38)27-23(41-6)13-10-14-24(27)42-7/h9-14,17,19H,8,15-16,18H2,1-7H3,(H,34,38)(H,35,37). The second-order valence-corrected chi connectivity index (χ2v) is 13.9. The molecule has 2 aromatic carbocycles. The molecule has 3 amide bonds. The van der Waals surface area contributed by atoms with Gasteiger partial charge in [-0.2, -0.15) is 0 Å². The van der Waals surface area contributed by atoms with Gasteiger partial charge in [0.2, 0.25) is 5.91 Å². The van der Waals surface area contributed by atoms with Crippen LogP contribution in [0.1, 0.15) is 65.8 Å². The minimum Gasteiger partial charge on any atom is -0.496 e. The smallest absolute Gasteiger partial charge is 0.410 e. The van der Waals surface area contributed by atoms with E-state index in [1.54, 1.807) is 55.1 Å². The molecule has 0 radical (unpaired) electrons. The van der Waals surface area contributed by atoms with Crippen molar-refractivity contribution in [1.29, 1.82) is 0 Å². The summed E-state index contributed by atoms with van der Waals surface area (Å²) in [6.07, 6.45) is -0.00107. The maximum atomic E-state index is 13.4. The predicted octanol–water partition coefficient (Wildman–Crippen LogP) is 6.61. The third kappa shape index (κ3) is 8.32. The molecular formula is C33H39N3O8S2. The highest BCUT2D eigenvalue weighted by Gasteiger charge is 2.33. The molecule has 1 unspecified atom stereocenters. The Morgan fingerprint density at radius 1 is 1.00 bits per heavy atom. The zero-order chi connectivity index (χ0) is 33.6. The van der Waals surface area contributed by atoms with Crippen LogP contribution in [0.2, 0.25) is 0 Å². The highest BCUT2D eigenvalue weighted by molar-refractivity contribution is 8.00. The van der Waals surface area contributed by atoms with Gasteiger partial charge in [-0.05, 0) is 76.9 Å². The Morgan fingerprint density at radius 3 is 2.30 bits per heavy atom. The first-order chi connectivity index (χ1) is 21.8. The van der Waals surface area contributed by atoms with Crippen molar-refractivity contribution in [3.63, 3.8) is 0 Å². The first-order valence-electron chi connectivity index (χ1n) is 14.7. The number of amides is 3. The molecule has 1 aliphatic rings. The molecule has 11 nitrogen and oxygen atoms in total. The number of methoxy groups -OCH3 is 2. The average molecular weight is 670 g/mol. The minimum absolute atomic E-state index is 0.184. The first kappa shape index (κ1) is 34.6. The Morgan fingerprint density at radius 2 is 1.67 bits per heavy atom. The van der Waals surface area contributed by atoms with E-state index in [-0.39, 0.29) is 24.6 Å². The topological polar surface area (TPSA) is 132 Å². The molecular weight excluding hydrogens is 631 g/mol. The highest BCUT2D eigenvalue weighted by atomic mass is 32.2. The monoisotopic (exact) mass is 669 g/mol. The Bertz CT molecular complexity index is 1590. The number of thioether (sulfide) groups is 1. The number of anilines is 2. The predicted molar refractivity (Wildman–Crippen MR) is 179 cm³/mol. The van der Waals surface area contributed by atoms with Crippen LogP contribution in [0.4, 0.5) is 15.5 Å². The summed E-state index contributed by atoms with van der Waals surface area (Å²) in [5.41, 5.74) is 1.26. The third-order valence-electron chi connectivity index (χ3n) is 6.85. The van der Waals surface area contributed by atoms with Crippen LogP contribution in [0.3, 0.4) is 0 Å². The highest BCUT2D eigenvalue weighted by Crippen LogP contribution is 2.39. The molecule has 1 aromatic heterocycles. The SMILES string of the molecule is CCOC(=O)c1c(NC(=O)C(C)Sc2cccc(NC(=O)c3c(OC)cccc3OC)c2)sc2c1CCN(C(=O)OC(C)(C)C)C2. The van der Waals surface area contributed by atoms with Gasteiger partial charge in [0.05, 0.1) is 38.2 Å². The van der Waals surface area contributed by atoms with Gasteiger partial charge < -0.3 is 34.5 Å². The van der Waals surface area contributed by atoms with Crippen LogP contribution in [0.5, 0.6) is 11.5 Å². The van der Waals surface area contributed by atoms with E-state index in [0.29, 0.717) is 40.7 Å². The molecule has 2 heterocycles. The van der Waals surface area contributed by atoms with E-state index < -0.39 is 28.8 Å². The number of fused-ring (bicyclic) bond motifs is 1. The van der Waals surface area contributed by atoms with Crippen LogP contribution in [-0.2, 0) is 27.2 Å². The van der Waals surface area contributed by atoms with E-state index in [1.807, 2.05) is 26.8 Å². The van der Waals surface area contributed by atoms with Crippen LogP contribution < -0.4 is 20.1 Å². The number of rotatable bonds is 10. The summed E-state index contributed by atoms with van der Waals surface area (Å²) >= 11 is 2.56. The van der Waals surface area contributed by atoms with E-state index in [4.69, 9.17) is 18.9 Å². The van der Waals surface area contributed by atoms with Gasteiger partial charge in [0.15, 0.2) is 0 Å². The molecule has 0 saturated carbocycles. The lowest BCUT2D eigenvalue weighted by molar-refractivity contribution is -0.115. The van der Waals surface area contributed by atoms with Crippen molar-refractivity contribution < 1.29 is 38.1 Å². The summed E-state index contributed by atoms with van der Waals surface area (Å²) in [5, 5.41) is 5.63. The zero-order valence-corrected chi connectivity index (χ0v) is 28.6. The number of esters is 1. The van der Waals surface area contributed by atoms with Crippen LogP contribution in [0.15, 0.2) is 47.4 Å². The van der Waals surface area contributed by atoms with Gasteiger partial charge in [0, 0.05) is 22.0 Å². The zero-order valence-electron chi connectivity index (χ0n) is 27.0.